The van der Waals surface area contributed by atoms with Gasteiger partial charge in [-0.1, -0.05) is 24.3 Å². The van der Waals surface area contributed by atoms with Gasteiger partial charge in [-0.05, 0) is 30.9 Å². The summed E-state index contributed by atoms with van der Waals surface area (Å²) in [7, 11) is 0. The van der Waals surface area contributed by atoms with Crippen molar-refractivity contribution in [2.45, 2.75) is 12.8 Å². The summed E-state index contributed by atoms with van der Waals surface area (Å²) in [5.74, 6) is 0.00361. The highest BCUT2D eigenvalue weighted by Gasteiger charge is 2.14. The number of hydrogen-bond acceptors (Lipinski definition) is 2. The fourth-order valence-corrected chi connectivity index (χ4v) is 1.79. The molecule has 2 rings (SSSR count). The largest absolute Gasteiger partial charge is 0.492 e. The molecule has 0 unspecified atom stereocenters. The van der Waals surface area contributed by atoms with E-state index in [1.807, 2.05) is 0 Å². The summed E-state index contributed by atoms with van der Waals surface area (Å²) in [6, 6.07) is 6.75. The summed E-state index contributed by atoms with van der Waals surface area (Å²) in [6.45, 7) is 0.581. The Morgan fingerprint density at radius 3 is 2.69 bits per heavy atom. The van der Waals surface area contributed by atoms with Crippen molar-refractivity contribution in [3.05, 3.63) is 42.0 Å². The lowest BCUT2D eigenvalue weighted by Gasteiger charge is -2.12. The van der Waals surface area contributed by atoms with Crippen molar-refractivity contribution in [2.24, 2.45) is 5.92 Å². The van der Waals surface area contributed by atoms with Crippen LogP contribution in [-0.4, -0.2) is 17.7 Å². The molecule has 0 fully saturated rings. The zero-order chi connectivity index (χ0) is 11.4. The predicted molar refractivity (Wildman–Crippen MR) is 60.8 cm³/mol. The van der Waals surface area contributed by atoms with Crippen LogP contribution in [-0.2, 0) is 0 Å². The van der Waals surface area contributed by atoms with Gasteiger partial charge in [-0.25, -0.2) is 4.79 Å². The molecule has 0 saturated carbocycles. The third kappa shape index (κ3) is 2.42. The number of rotatable bonds is 4. The summed E-state index contributed by atoms with van der Waals surface area (Å²) < 4.78 is 5.56. The van der Waals surface area contributed by atoms with Crippen LogP contribution in [0.3, 0.4) is 0 Å². The summed E-state index contributed by atoms with van der Waals surface area (Å²) >= 11 is 0. The molecule has 1 N–H and O–H groups in total. The Labute approximate surface area is 94.4 Å². The molecule has 16 heavy (non-hydrogen) atoms. The van der Waals surface area contributed by atoms with Crippen LogP contribution < -0.4 is 4.74 Å². The Balaban J connectivity index is 2.00. The predicted octanol–water partition coefficient (Wildman–Crippen LogP) is 2.73. The normalized spacial score (nSPS) is 15.2. The van der Waals surface area contributed by atoms with Crippen LogP contribution in [0.15, 0.2) is 36.4 Å². The molecule has 0 bridgehead atoms. The van der Waals surface area contributed by atoms with E-state index in [1.165, 1.54) is 0 Å². The van der Waals surface area contributed by atoms with Gasteiger partial charge in [0.2, 0.25) is 0 Å². The highest BCUT2D eigenvalue weighted by atomic mass is 16.5. The number of carboxylic acid groups (broad SMARTS) is 1. The Morgan fingerprint density at radius 2 is 2.00 bits per heavy atom. The second-order valence-electron chi connectivity index (χ2n) is 3.92. The molecule has 0 spiro atoms. The number of carboxylic acids is 1. The van der Waals surface area contributed by atoms with Gasteiger partial charge >= 0.3 is 5.97 Å². The van der Waals surface area contributed by atoms with Gasteiger partial charge in [0.05, 0.1) is 6.61 Å². The van der Waals surface area contributed by atoms with E-state index >= 15 is 0 Å². The fraction of sp³-hybridized carbons (Fsp3) is 0.308. The van der Waals surface area contributed by atoms with Gasteiger partial charge in [0.15, 0.2) is 0 Å². The van der Waals surface area contributed by atoms with Gasteiger partial charge in [-0.2, -0.15) is 0 Å². The summed E-state index contributed by atoms with van der Waals surface area (Å²) in [5, 5.41) is 8.97. The molecule has 0 aromatic heterocycles. The first-order chi connectivity index (χ1) is 7.77. The molecule has 0 radical (unpaired) electrons. The number of aromatic carboxylic acids is 1. The maximum absolute atomic E-state index is 10.9. The molecule has 1 aliphatic carbocycles. The zero-order valence-corrected chi connectivity index (χ0v) is 8.93. The van der Waals surface area contributed by atoms with Crippen LogP contribution in [0.5, 0.6) is 5.75 Å². The van der Waals surface area contributed by atoms with E-state index in [0.29, 0.717) is 18.3 Å². The SMILES string of the molecule is O=C(O)c1ccccc1OCC1CC=CC1. The van der Waals surface area contributed by atoms with Gasteiger partial charge in [0.25, 0.3) is 0 Å². The maximum atomic E-state index is 10.9. The minimum absolute atomic E-state index is 0.230. The molecule has 3 nitrogen and oxygen atoms in total. The third-order valence-corrected chi connectivity index (χ3v) is 2.70. The lowest BCUT2D eigenvalue weighted by atomic mass is 10.1. The lowest BCUT2D eigenvalue weighted by Crippen LogP contribution is -2.10. The van der Waals surface area contributed by atoms with E-state index in [4.69, 9.17) is 9.84 Å². The van der Waals surface area contributed by atoms with Crippen molar-refractivity contribution in [1.29, 1.82) is 0 Å². The number of hydrogen-bond donors (Lipinski definition) is 1. The van der Waals surface area contributed by atoms with Crippen molar-refractivity contribution < 1.29 is 14.6 Å². The van der Waals surface area contributed by atoms with Gasteiger partial charge in [-0.15, -0.1) is 0 Å². The number of para-hydroxylation sites is 1. The molecule has 84 valence electrons. The van der Waals surface area contributed by atoms with Crippen LogP contribution in [0.25, 0.3) is 0 Å². The first-order valence-electron chi connectivity index (χ1n) is 5.37. The monoisotopic (exact) mass is 218 g/mol. The number of ether oxygens (including phenoxy) is 1. The Bertz CT molecular complexity index is 401. The van der Waals surface area contributed by atoms with Gasteiger partial charge in [-0.3, -0.25) is 0 Å². The second kappa shape index (κ2) is 4.84. The van der Waals surface area contributed by atoms with Gasteiger partial charge in [0.1, 0.15) is 11.3 Å². The minimum atomic E-state index is -0.944. The molecule has 0 heterocycles. The molecule has 0 aliphatic heterocycles. The molecule has 0 amide bonds. The smallest absolute Gasteiger partial charge is 0.339 e. The standard InChI is InChI=1S/C13H14O3/c14-13(15)11-7-3-4-8-12(11)16-9-10-5-1-2-6-10/h1-4,7-8,10H,5-6,9H2,(H,14,15). The van der Waals surface area contributed by atoms with Crippen molar-refractivity contribution in [3.8, 4) is 5.75 Å². The first-order valence-corrected chi connectivity index (χ1v) is 5.37. The average Bonchev–Trinajstić information content (AvgIpc) is 2.79. The summed E-state index contributed by atoms with van der Waals surface area (Å²) in [5.41, 5.74) is 0.230. The lowest BCUT2D eigenvalue weighted by molar-refractivity contribution is 0.0691. The van der Waals surface area contributed by atoms with Crippen molar-refractivity contribution in [3.63, 3.8) is 0 Å². The molecular formula is C13H14O3. The quantitative estimate of drug-likeness (QED) is 0.790. The highest BCUT2D eigenvalue weighted by Crippen LogP contribution is 2.22. The highest BCUT2D eigenvalue weighted by molar-refractivity contribution is 5.90. The van der Waals surface area contributed by atoms with E-state index in [2.05, 4.69) is 12.2 Å². The van der Waals surface area contributed by atoms with Crippen LogP contribution in [0.2, 0.25) is 0 Å². The van der Waals surface area contributed by atoms with Crippen LogP contribution in [0.1, 0.15) is 23.2 Å². The average molecular weight is 218 g/mol. The molecule has 1 aromatic rings. The Morgan fingerprint density at radius 1 is 1.31 bits per heavy atom. The maximum Gasteiger partial charge on any atom is 0.339 e. The van der Waals surface area contributed by atoms with Crippen molar-refractivity contribution in [1.82, 2.24) is 0 Å². The Hall–Kier alpha value is -1.77. The molecule has 0 atom stereocenters. The number of benzene rings is 1. The minimum Gasteiger partial charge on any atom is -0.492 e. The molecular weight excluding hydrogens is 204 g/mol. The van der Waals surface area contributed by atoms with Gasteiger partial charge < -0.3 is 9.84 Å². The van der Waals surface area contributed by atoms with E-state index in [1.54, 1.807) is 24.3 Å². The Kier molecular flexibility index (Phi) is 3.25. The topological polar surface area (TPSA) is 46.5 Å². The van der Waals surface area contributed by atoms with E-state index < -0.39 is 5.97 Å². The summed E-state index contributed by atoms with van der Waals surface area (Å²) in [4.78, 5) is 10.9. The molecule has 0 saturated heterocycles. The van der Waals surface area contributed by atoms with E-state index in [-0.39, 0.29) is 5.56 Å². The number of allylic oxidation sites excluding steroid dienone is 2. The van der Waals surface area contributed by atoms with Crippen LogP contribution >= 0.6 is 0 Å². The summed E-state index contributed by atoms with van der Waals surface area (Å²) in [6.07, 6.45) is 6.32. The molecule has 1 aliphatic rings. The second-order valence-corrected chi connectivity index (χ2v) is 3.92. The molecule has 3 heteroatoms. The third-order valence-electron chi connectivity index (χ3n) is 2.70. The number of carbonyl (C=O) groups is 1. The zero-order valence-electron chi connectivity index (χ0n) is 8.93. The first kappa shape index (κ1) is 10.7. The van der Waals surface area contributed by atoms with Crippen molar-refractivity contribution >= 4 is 5.97 Å². The van der Waals surface area contributed by atoms with Gasteiger partial charge in [0, 0.05) is 0 Å². The van der Waals surface area contributed by atoms with E-state index in [0.717, 1.165) is 12.8 Å². The van der Waals surface area contributed by atoms with Crippen LogP contribution in [0, 0.1) is 5.92 Å². The molecule has 1 aromatic carbocycles. The van der Waals surface area contributed by atoms with Crippen molar-refractivity contribution in [2.75, 3.05) is 6.61 Å². The fourth-order valence-electron chi connectivity index (χ4n) is 1.79. The van der Waals surface area contributed by atoms with E-state index in [9.17, 15) is 4.79 Å². The van der Waals surface area contributed by atoms with Crippen LogP contribution in [0.4, 0.5) is 0 Å².